The average molecular weight is 259 g/mol. The standard InChI is InChI=1S/C10H17N3O3S/c1-4-16-10(8(3)17(11,14)15)9-6-12-7(2)5-13-9/h5-6,8,10H,4H2,1-3H3,(H2,11,14,15). The second-order valence-corrected chi connectivity index (χ2v) is 5.67. The Labute approximate surface area is 101 Å². The largest absolute Gasteiger partial charge is 0.371 e. The molecule has 0 aliphatic rings. The van der Waals surface area contributed by atoms with E-state index in [4.69, 9.17) is 9.88 Å². The highest BCUT2D eigenvalue weighted by Crippen LogP contribution is 2.22. The molecule has 0 aromatic carbocycles. The maximum atomic E-state index is 11.3. The number of sulfonamides is 1. The monoisotopic (exact) mass is 259 g/mol. The molecule has 0 amide bonds. The molecule has 1 rings (SSSR count). The van der Waals surface area contributed by atoms with Crippen LogP contribution in [0.3, 0.4) is 0 Å². The summed E-state index contributed by atoms with van der Waals surface area (Å²) in [4.78, 5) is 8.19. The maximum Gasteiger partial charge on any atom is 0.214 e. The van der Waals surface area contributed by atoms with Crippen LogP contribution in [0.2, 0.25) is 0 Å². The topological polar surface area (TPSA) is 95.2 Å². The molecule has 0 aliphatic heterocycles. The lowest BCUT2D eigenvalue weighted by atomic mass is 10.2. The van der Waals surface area contributed by atoms with Gasteiger partial charge in [-0.05, 0) is 20.8 Å². The summed E-state index contributed by atoms with van der Waals surface area (Å²) in [5.41, 5.74) is 1.23. The highest BCUT2D eigenvalue weighted by atomic mass is 32.2. The fraction of sp³-hybridized carbons (Fsp3) is 0.600. The number of primary sulfonamides is 1. The van der Waals surface area contributed by atoms with E-state index in [9.17, 15) is 8.42 Å². The van der Waals surface area contributed by atoms with Crippen LogP contribution in [0.15, 0.2) is 12.4 Å². The van der Waals surface area contributed by atoms with Crippen LogP contribution in [0.25, 0.3) is 0 Å². The van der Waals surface area contributed by atoms with Gasteiger partial charge in [-0.1, -0.05) is 0 Å². The van der Waals surface area contributed by atoms with Gasteiger partial charge in [0.1, 0.15) is 11.4 Å². The summed E-state index contributed by atoms with van der Waals surface area (Å²) in [6.07, 6.45) is 2.39. The second-order valence-electron chi connectivity index (χ2n) is 3.75. The molecule has 0 radical (unpaired) electrons. The van der Waals surface area contributed by atoms with Gasteiger partial charge >= 0.3 is 0 Å². The minimum atomic E-state index is -3.68. The molecule has 2 unspecified atom stereocenters. The van der Waals surface area contributed by atoms with Gasteiger partial charge in [-0.15, -0.1) is 0 Å². The van der Waals surface area contributed by atoms with Gasteiger partial charge in [-0.3, -0.25) is 9.97 Å². The summed E-state index contributed by atoms with van der Waals surface area (Å²) in [5.74, 6) is 0. The van der Waals surface area contributed by atoms with Gasteiger partial charge in [0, 0.05) is 12.8 Å². The summed E-state index contributed by atoms with van der Waals surface area (Å²) in [6.45, 7) is 5.46. The van der Waals surface area contributed by atoms with Crippen molar-refractivity contribution in [1.29, 1.82) is 0 Å². The van der Waals surface area contributed by atoms with E-state index in [2.05, 4.69) is 9.97 Å². The molecule has 0 bridgehead atoms. The lowest BCUT2D eigenvalue weighted by Gasteiger charge is -2.21. The maximum absolute atomic E-state index is 11.3. The predicted molar refractivity (Wildman–Crippen MR) is 63.7 cm³/mol. The third-order valence-corrected chi connectivity index (χ3v) is 3.67. The molecule has 0 saturated heterocycles. The average Bonchev–Trinajstić information content (AvgIpc) is 2.25. The van der Waals surface area contributed by atoms with E-state index in [0.717, 1.165) is 5.69 Å². The van der Waals surface area contributed by atoms with Crippen LogP contribution in [0, 0.1) is 6.92 Å². The summed E-state index contributed by atoms with van der Waals surface area (Å²) < 4.78 is 28.1. The molecule has 0 aliphatic carbocycles. The Morgan fingerprint density at radius 1 is 1.41 bits per heavy atom. The molecule has 2 atom stereocenters. The number of rotatable bonds is 5. The van der Waals surface area contributed by atoms with Crippen molar-refractivity contribution in [3.8, 4) is 0 Å². The zero-order valence-electron chi connectivity index (χ0n) is 10.1. The minimum absolute atomic E-state index is 0.375. The number of hydrogen-bond donors (Lipinski definition) is 1. The van der Waals surface area contributed by atoms with E-state index < -0.39 is 21.4 Å². The third kappa shape index (κ3) is 3.72. The van der Waals surface area contributed by atoms with Gasteiger partial charge in [-0.2, -0.15) is 0 Å². The third-order valence-electron chi connectivity index (χ3n) is 2.38. The smallest absolute Gasteiger partial charge is 0.214 e. The van der Waals surface area contributed by atoms with Crippen LogP contribution in [0.5, 0.6) is 0 Å². The van der Waals surface area contributed by atoms with Crippen molar-refractivity contribution in [3.05, 3.63) is 23.8 Å². The van der Waals surface area contributed by atoms with Gasteiger partial charge in [0.25, 0.3) is 0 Å². The molecular formula is C10H17N3O3S. The van der Waals surface area contributed by atoms with Crippen molar-refractivity contribution in [3.63, 3.8) is 0 Å². The Balaban J connectivity index is 3.05. The van der Waals surface area contributed by atoms with Crippen molar-refractivity contribution >= 4 is 10.0 Å². The Bertz CT molecular complexity index is 458. The van der Waals surface area contributed by atoms with E-state index in [1.54, 1.807) is 20.0 Å². The number of aromatic nitrogens is 2. The first-order chi connectivity index (χ1) is 7.86. The lowest BCUT2D eigenvalue weighted by molar-refractivity contribution is 0.0587. The first-order valence-corrected chi connectivity index (χ1v) is 6.89. The van der Waals surface area contributed by atoms with Crippen LogP contribution in [-0.2, 0) is 14.8 Å². The zero-order valence-corrected chi connectivity index (χ0v) is 10.9. The van der Waals surface area contributed by atoms with Crippen molar-refractivity contribution in [2.24, 2.45) is 5.14 Å². The van der Waals surface area contributed by atoms with Crippen LogP contribution < -0.4 is 5.14 Å². The van der Waals surface area contributed by atoms with Crippen molar-refractivity contribution in [2.45, 2.75) is 32.1 Å². The summed E-state index contributed by atoms with van der Waals surface area (Å²) in [5, 5.41) is 4.26. The molecule has 0 spiro atoms. The zero-order chi connectivity index (χ0) is 13.1. The Hall–Kier alpha value is -1.05. The molecule has 6 nitrogen and oxygen atoms in total. The highest BCUT2D eigenvalue weighted by Gasteiger charge is 2.29. The summed E-state index contributed by atoms with van der Waals surface area (Å²) in [7, 11) is -3.68. The molecular weight excluding hydrogens is 242 g/mol. The Morgan fingerprint density at radius 2 is 2.06 bits per heavy atom. The van der Waals surface area contributed by atoms with Crippen LogP contribution in [0.1, 0.15) is 31.3 Å². The van der Waals surface area contributed by atoms with Gasteiger partial charge in [0.15, 0.2) is 0 Å². The molecule has 1 heterocycles. The van der Waals surface area contributed by atoms with Crippen molar-refractivity contribution in [2.75, 3.05) is 6.61 Å². The Kier molecular flexibility index (Phi) is 4.55. The van der Waals surface area contributed by atoms with Gasteiger partial charge in [0.2, 0.25) is 10.0 Å². The van der Waals surface area contributed by atoms with Gasteiger partial charge < -0.3 is 4.74 Å². The number of aryl methyl sites for hydroxylation is 1. The van der Waals surface area contributed by atoms with Gasteiger partial charge in [0.05, 0.1) is 17.6 Å². The quantitative estimate of drug-likeness (QED) is 0.832. The van der Waals surface area contributed by atoms with E-state index in [0.29, 0.717) is 12.3 Å². The van der Waals surface area contributed by atoms with E-state index >= 15 is 0 Å². The summed E-state index contributed by atoms with van der Waals surface area (Å²) >= 11 is 0. The molecule has 1 aromatic heterocycles. The van der Waals surface area contributed by atoms with Crippen molar-refractivity contribution < 1.29 is 13.2 Å². The number of hydrogen-bond acceptors (Lipinski definition) is 5. The van der Waals surface area contributed by atoms with Gasteiger partial charge in [-0.25, -0.2) is 13.6 Å². The van der Waals surface area contributed by atoms with Crippen molar-refractivity contribution in [1.82, 2.24) is 9.97 Å². The molecule has 0 fully saturated rings. The molecule has 17 heavy (non-hydrogen) atoms. The first kappa shape index (κ1) is 14.0. The van der Waals surface area contributed by atoms with E-state index in [1.807, 2.05) is 0 Å². The number of ether oxygens (including phenoxy) is 1. The summed E-state index contributed by atoms with van der Waals surface area (Å²) in [6, 6.07) is 0. The first-order valence-electron chi connectivity index (χ1n) is 5.28. The predicted octanol–water partition coefficient (Wildman–Crippen LogP) is 0.540. The second kappa shape index (κ2) is 5.52. The number of nitrogens with two attached hydrogens (primary N) is 1. The van der Waals surface area contributed by atoms with Crippen LogP contribution in [0.4, 0.5) is 0 Å². The minimum Gasteiger partial charge on any atom is -0.371 e. The number of nitrogens with zero attached hydrogens (tertiary/aromatic N) is 2. The molecule has 1 aromatic rings. The molecule has 2 N–H and O–H groups in total. The van der Waals surface area contributed by atoms with E-state index in [1.165, 1.54) is 13.1 Å². The molecule has 96 valence electrons. The normalized spacial score (nSPS) is 15.5. The molecule has 7 heteroatoms. The van der Waals surface area contributed by atoms with E-state index in [-0.39, 0.29) is 0 Å². The lowest BCUT2D eigenvalue weighted by Crippen LogP contribution is -2.33. The fourth-order valence-corrected chi connectivity index (χ4v) is 1.93. The fourth-order valence-electron chi connectivity index (χ4n) is 1.36. The van der Waals surface area contributed by atoms with Crippen LogP contribution in [-0.4, -0.2) is 30.2 Å². The Morgan fingerprint density at radius 3 is 2.47 bits per heavy atom. The molecule has 0 saturated carbocycles. The SMILES string of the molecule is CCOC(c1cnc(C)cn1)C(C)S(N)(=O)=O. The van der Waals surface area contributed by atoms with Crippen LogP contribution >= 0.6 is 0 Å². The highest BCUT2D eigenvalue weighted by molar-refractivity contribution is 7.89.